The summed E-state index contributed by atoms with van der Waals surface area (Å²) >= 11 is 0. The average Bonchev–Trinajstić information content (AvgIpc) is 4.01. The van der Waals surface area contributed by atoms with Crippen LogP contribution in [0.1, 0.15) is 115 Å². The SMILES string of the molecule is C=CCOC12Oc3ccc(OCc4cccc(C)n4)cc3C3C(CCCCO)C(CCCCO)C=C(C(=NOC(C)(C)C)CC1N(CCC)C(=O)C1CC1)C32. The van der Waals surface area contributed by atoms with Gasteiger partial charge in [0.2, 0.25) is 11.7 Å². The zero-order valence-electron chi connectivity index (χ0n) is 33.7. The topological polar surface area (TPSA) is 123 Å². The first-order valence-electron chi connectivity index (χ1n) is 20.7. The number of hydrogen-bond acceptors (Lipinski definition) is 9. The molecule has 10 heteroatoms. The molecule has 6 rings (SSSR count). The van der Waals surface area contributed by atoms with Crippen LogP contribution in [-0.2, 0) is 21.0 Å². The van der Waals surface area contributed by atoms with E-state index in [1.54, 1.807) is 6.08 Å². The molecule has 0 bridgehead atoms. The molecule has 2 aromatic rings. The van der Waals surface area contributed by atoms with Gasteiger partial charge in [0.05, 0.1) is 23.9 Å². The number of aryl methyl sites for hydroxylation is 1. The van der Waals surface area contributed by atoms with Crippen LogP contribution < -0.4 is 9.47 Å². The Balaban J connectivity index is 1.56. The van der Waals surface area contributed by atoms with Gasteiger partial charge in [-0.15, -0.1) is 6.58 Å². The fourth-order valence-electron chi connectivity index (χ4n) is 8.99. The van der Waals surface area contributed by atoms with Gasteiger partial charge in [-0.25, -0.2) is 0 Å². The lowest BCUT2D eigenvalue weighted by molar-refractivity contribution is -0.257. The number of oxime groups is 1. The van der Waals surface area contributed by atoms with E-state index in [0.717, 1.165) is 91.1 Å². The molecule has 0 spiro atoms. The number of rotatable bonds is 19. The van der Waals surface area contributed by atoms with Gasteiger partial charge in [0.15, 0.2) is 0 Å². The Morgan fingerprint density at radius 3 is 2.55 bits per heavy atom. The number of benzene rings is 1. The van der Waals surface area contributed by atoms with Gasteiger partial charge in [0.1, 0.15) is 29.7 Å². The van der Waals surface area contributed by atoms with Gasteiger partial charge in [-0.2, -0.15) is 0 Å². The maximum atomic E-state index is 14.3. The quantitative estimate of drug-likeness (QED) is 0.0839. The van der Waals surface area contributed by atoms with Crippen molar-refractivity contribution >= 4 is 11.6 Å². The Kier molecular flexibility index (Phi) is 13.4. The normalized spacial score (nSPS) is 26.3. The van der Waals surface area contributed by atoms with E-state index in [-0.39, 0.29) is 55.3 Å². The van der Waals surface area contributed by atoms with Gasteiger partial charge in [-0.05, 0) is 120 Å². The van der Waals surface area contributed by atoms with Crippen molar-refractivity contribution in [2.75, 3.05) is 26.4 Å². The van der Waals surface area contributed by atoms with Gasteiger partial charge < -0.3 is 34.2 Å². The van der Waals surface area contributed by atoms with Gasteiger partial charge in [0, 0.05) is 49.3 Å². The monoisotopic (exact) mass is 757 g/mol. The summed E-state index contributed by atoms with van der Waals surface area (Å²) in [5.74, 6) is 0.218. The molecule has 6 unspecified atom stereocenters. The zero-order valence-corrected chi connectivity index (χ0v) is 33.7. The van der Waals surface area contributed by atoms with Gasteiger partial charge in [0.25, 0.3) is 0 Å². The molecule has 1 aromatic carbocycles. The Hall–Kier alpha value is -3.73. The molecular formula is C45H63N3O7. The number of carbonyl (C=O) groups excluding carboxylic acids is 1. The van der Waals surface area contributed by atoms with E-state index in [4.69, 9.17) is 24.2 Å². The third-order valence-corrected chi connectivity index (χ3v) is 11.5. The molecule has 2 fully saturated rings. The Labute approximate surface area is 328 Å². The van der Waals surface area contributed by atoms with E-state index in [9.17, 15) is 15.0 Å². The molecule has 4 aliphatic rings. The van der Waals surface area contributed by atoms with Crippen molar-refractivity contribution in [1.82, 2.24) is 9.88 Å². The number of aliphatic hydroxyl groups excluding tert-OH is 2. The minimum absolute atomic E-state index is 0.00826. The van der Waals surface area contributed by atoms with Crippen LogP contribution in [0.5, 0.6) is 11.5 Å². The Bertz CT molecular complexity index is 1700. The van der Waals surface area contributed by atoms with Crippen LogP contribution in [0.15, 0.2) is 65.9 Å². The van der Waals surface area contributed by atoms with Crippen LogP contribution in [0.4, 0.5) is 0 Å². The number of hydrogen-bond donors (Lipinski definition) is 2. The van der Waals surface area contributed by atoms with E-state index >= 15 is 0 Å². The van der Waals surface area contributed by atoms with E-state index in [1.807, 2.05) is 62.9 Å². The standard InChI is InChI=1S/C45H63N3O7/c1-7-22-48(43(51)31-18-19-31)40-28-38(47-55-44(4,5)6)36-26-32(15-9-11-23-49)35(17-10-12-24-50)41-37-27-34(52-29-33-16-13-14-30(3)46-33)20-21-39(37)54-45(40,42(36)41)53-25-8-2/h8,13-14,16,20-21,26-27,31-32,35,40-42,49-50H,2,7,9-12,15,17-19,22-25,28-29H2,1,3-6H3. The van der Waals surface area contributed by atoms with Gasteiger partial charge in [-0.3, -0.25) is 9.78 Å². The number of amides is 1. The molecule has 10 nitrogen and oxygen atoms in total. The van der Waals surface area contributed by atoms with Crippen molar-refractivity contribution in [2.24, 2.45) is 28.8 Å². The van der Waals surface area contributed by atoms with Crippen LogP contribution >= 0.6 is 0 Å². The summed E-state index contributed by atoms with van der Waals surface area (Å²) < 4.78 is 20.9. The molecule has 2 N–H and O–H groups in total. The number of nitrogens with zero attached hydrogens (tertiary/aromatic N) is 3. The number of ether oxygens (including phenoxy) is 3. The number of fused-ring (bicyclic) bond motifs is 2. The lowest BCUT2D eigenvalue weighted by atomic mass is 9.55. The van der Waals surface area contributed by atoms with Crippen LogP contribution in [0.3, 0.4) is 0 Å². The van der Waals surface area contributed by atoms with Crippen molar-refractivity contribution in [3.63, 3.8) is 0 Å². The smallest absolute Gasteiger partial charge is 0.239 e. The molecular weight excluding hydrogens is 695 g/mol. The second-order valence-electron chi connectivity index (χ2n) is 16.8. The van der Waals surface area contributed by atoms with Crippen molar-refractivity contribution in [3.05, 3.63) is 77.7 Å². The van der Waals surface area contributed by atoms with Crippen LogP contribution in [0.2, 0.25) is 0 Å². The zero-order chi connectivity index (χ0) is 39.2. The van der Waals surface area contributed by atoms with Crippen LogP contribution in [0, 0.1) is 30.6 Å². The molecule has 2 saturated carbocycles. The van der Waals surface area contributed by atoms with E-state index < -0.39 is 17.4 Å². The summed E-state index contributed by atoms with van der Waals surface area (Å²) in [7, 11) is 0. The van der Waals surface area contributed by atoms with Crippen molar-refractivity contribution < 1.29 is 34.1 Å². The summed E-state index contributed by atoms with van der Waals surface area (Å²) in [4.78, 5) is 27.3. The van der Waals surface area contributed by atoms with Gasteiger partial charge in [-0.1, -0.05) is 43.1 Å². The third kappa shape index (κ3) is 9.29. The second kappa shape index (κ2) is 18.0. The predicted octanol–water partition coefficient (Wildman–Crippen LogP) is 8.05. The van der Waals surface area contributed by atoms with E-state index in [2.05, 4.69) is 30.6 Å². The molecule has 1 aliphatic heterocycles. The van der Waals surface area contributed by atoms with Crippen molar-refractivity contribution in [1.29, 1.82) is 0 Å². The lowest BCUT2D eigenvalue weighted by Gasteiger charge is -2.60. The highest BCUT2D eigenvalue weighted by Crippen LogP contribution is 2.62. The molecule has 3 aliphatic carbocycles. The number of allylic oxidation sites excluding steroid dienone is 1. The largest absolute Gasteiger partial charge is 0.487 e. The predicted molar refractivity (Wildman–Crippen MR) is 214 cm³/mol. The number of pyridine rings is 1. The molecule has 1 aromatic heterocycles. The summed E-state index contributed by atoms with van der Waals surface area (Å²) in [5.41, 5.74) is 4.16. The lowest BCUT2D eigenvalue weighted by Crippen LogP contribution is -2.70. The average molecular weight is 758 g/mol. The fraction of sp³-hybridized carbons (Fsp3) is 0.622. The summed E-state index contributed by atoms with van der Waals surface area (Å²) in [6, 6.07) is 11.5. The molecule has 1 amide bonds. The highest BCUT2D eigenvalue weighted by molar-refractivity contribution is 6.03. The molecule has 0 radical (unpaired) electrons. The van der Waals surface area contributed by atoms with E-state index in [0.29, 0.717) is 26.0 Å². The first-order chi connectivity index (χ1) is 26.5. The molecule has 6 atom stereocenters. The Morgan fingerprint density at radius 2 is 1.87 bits per heavy atom. The maximum absolute atomic E-state index is 14.3. The number of unbranched alkanes of at least 4 members (excludes halogenated alkanes) is 2. The van der Waals surface area contributed by atoms with Crippen molar-refractivity contribution in [3.8, 4) is 11.5 Å². The summed E-state index contributed by atoms with van der Waals surface area (Å²) in [5, 5.41) is 24.7. The minimum atomic E-state index is -1.24. The highest BCUT2D eigenvalue weighted by Gasteiger charge is 2.65. The molecule has 0 saturated heterocycles. The second-order valence-corrected chi connectivity index (χ2v) is 16.8. The number of aliphatic hydroxyl groups is 2. The first kappa shape index (κ1) is 40.9. The molecule has 2 heterocycles. The Morgan fingerprint density at radius 1 is 1.11 bits per heavy atom. The third-order valence-electron chi connectivity index (χ3n) is 11.5. The molecule has 300 valence electrons. The van der Waals surface area contributed by atoms with Crippen molar-refractivity contribution in [2.45, 2.75) is 129 Å². The molecule has 55 heavy (non-hydrogen) atoms. The highest BCUT2D eigenvalue weighted by atomic mass is 16.7. The minimum Gasteiger partial charge on any atom is -0.487 e. The van der Waals surface area contributed by atoms with Crippen LogP contribution in [0.25, 0.3) is 0 Å². The van der Waals surface area contributed by atoms with E-state index in [1.165, 1.54) is 0 Å². The van der Waals surface area contributed by atoms with Crippen LogP contribution in [-0.4, -0.2) is 75.5 Å². The fourth-order valence-corrected chi connectivity index (χ4v) is 8.99. The summed E-state index contributed by atoms with van der Waals surface area (Å²) in [6.07, 6.45) is 12.1. The number of aromatic nitrogens is 1. The number of carbonyl (C=O) groups is 1. The first-order valence-corrected chi connectivity index (χ1v) is 20.7. The maximum Gasteiger partial charge on any atom is 0.239 e. The van der Waals surface area contributed by atoms with Gasteiger partial charge >= 0.3 is 0 Å². The summed E-state index contributed by atoms with van der Waals surface area (Å²) in [6.45, 7) is 15.5.